The lowest BCUT2D eigenvalue weighted by Gasteiger charge is -2.16. The molecule has 0 radical (unpaired) electrons. The summed E-state index contributed by atoms with van der Waals surface area (Å²) in [6.45, 7) is 0. The van der Waals surface area contributed by atoms with Gasteiger partial charge in [0.15, 0.2) is 5.78 Å². The molecule has 1 atom stereocenters. The minimum absolute atomic E-state index is 0.0269. The van der Waals surface area contributed by atoms with Gasteiger partial charge in [-0.25, -0.2) is 4.39 Å². The van der Waals surface area contributed by atoms with E-state index in [2.05, 4.69) is 6.07 Å². The third-order valence-electron chi connectivity index (χ3n) is 5.39. The average Bonchev–Trinajstić information content (AvgIpc) is 3.17. The maximum Gasteiger partial charge on any atom is 0.174 e. The fourth-order valence-corrected chi connectivity index (χ4v) is 3.99. The van der Waals surface area contributed by atoms with Gasteiger partial charge in [0, 0.05) is 11.5 Å². The van der Waals surface area contributed by atoms with Crippen LogP contribution in [0.25, 0.3) is 11.1 Å². The highest BCUT2D eigenvalue weighted by Crippen LogP contribution is 2.39. The van der Waals surface area contributed by atoms with E-state index in [1.807, 2.05) is 24.3 Å². The standard InChI is InChI=1S/C24H21FO3/c1-27-22-12-9-17(25)14-20(22)16-8-11-23(28-2)21(13-16)24(26)19-10-7-15-5-3-4-6-18(15)19/h3-6,8-9,11-14,19H,7,10H2,1-2H3/t19-/m1/s1. The van der Waals surface area contributed by atoms with Crippen molar-refractivity contribution in [2.24, 2.45) is 0 Å². The number of carbonyl (C=O) groups excluding carboxylic acids is 1. The zero-order valence-corrected chi connectivity index (χ0v) is 15.9. The molecule has 0 spiro atoms. The summed E-state index contributed by atoms with van der Waals surface area (Å²) in [6, 6.07) is 17.8. The molecule has 1 aliphatic carbocycles. The molecule has 0 heterocycles. The lowest BCUT2D eigenvalue weighted by molar-refractivity contribution is 0.0956. The van der Waals surface area contributed by atoms with Crippen LogP contribution in [0.4, 0.5) is 4.39 Å². The first kappa shape index (κ1) is 18.2. The van der Waals surface area contributed by atoms with Gasteiger partial charge in [0.1, 0.15) is 17.3 Å². The molecule has 4 heteroatoms. The first-order chi connectivity index (χ1) is 13.6. The number of ketones is 1. The molecule has 0 fully saturated rings. The van der Waals surface area contributed by atoms with Gasteiger partial charge in [-0.3, -0.25) is 4.79 Å². The Balaban J connectivity index is 1.79. The number of carbonyl (C=O) groups is 1. The van der Waals surface area contributed by atoms with Gasteiger partial charge < -0.3 is 9.47 Å². The molecule has 0 saturated carbocycles. The number of ether oxygens (including phenoxy) is 2. The van der Waals surface area contributed by atoms with Crippen LogP contribution in [-0.2, 0) is 6.42 Å². The number of aryl methyl sites for hydroxylation is 1. The Labute approximate surface area is 163 Å². The maximum atomic E-state index is 13.8. The Morgan fingerprint density at radius 2 is 1.71 bits per heavy atom. The second kappa shape index (κ2) is 7.47. The number of benzene rings is 3. The largest absolute Gasteiger partial charge is 0.496 e. The number of halogens is 1. The zero-order valence-electron chi connectivity index (χ0n) is 15.9. The number of hydrogen-bond acceptors (Lipinski definition) is 3. The van der Waals surface area contributed by atoms with Crippen LogP contribution in [0.15, 0.2) is 60.7 Å². The van der Waals surface area contributed by atoms with Crippen molar-refractivity contribution in [3.63, 3.8) is 0 Å². The molecule has 142 valence electrons. The summed E-state index contributed by atoms with van der Waals surface area (Å²) < 4.78 is 24.7. The highest BCUT2D eigenvalue weighted by molar-refractivity contribution is 6.04. The van der Waals surface area contributed by atoms with E-state index in [1.54, 1.807) is 32.4 Å². The Hall–Kier alpha value is -3.14. The van der Waals surface area contributed by atoms with Gasteiger partial charge in [-0.15, -0.1) is 0 Å². The summed E-state index contributed by atoms with van der Waals surface area (Å²) in [4.78, 5) is 13.4. The molecule has 0 amide bonds. The van der Waals surface area contributed by atoms with Crippen molar-refractivity contribution >= 4 is 5.78 Å². The first-order valence-electron chi connectivity index (χ1n) is 9.26. The molecule has 4 rings (SSSR count). The van der Waals surface area contributed by atoms with Crippen molar-refractivity contribution < 1.29 is 18.7 Å². The van der Waals surface area contributed by atoms with E-state index in [1.165, 1.54) is 17.7 Å². The number of hydrogen-bond donors (Lipinski definition) is 0. The Kier molecular flexibility index (Phi) is 4.86. The molecule has 0 aliphatic heterocycles. The summed E-state index contributed by atoms with van der Waals surface area (Å²) in [5.74, 6) is 0.558. The molecular formula is C24H21FO3. The van der Waals surface area contributed by atoms with E-state index in [9.17, 15) is 9.18 Å². The van der Waals surface area contributed by atoms with Crippen LogP contribution >= 0.6 is 0 Å². The summed E-state index contributed by atoms with van der Waals surface area (Å²) in [5.41, 5.74) is 4.14. The van der Waals surface area contributed by atoms with Crippen LogP contribution in [0.1, 0.15) is 33.8 Å². The van der Waals surface area contributed by atoms with Gasteiger partial charge in [-0.05, 0) is 59.9 Å². The van der Waals surface area contributed by atoms with Gasteiger partial charge >= 0.3 is 0 Å². The van der Waals surface area contributed by atoms with Crippen LogP contribution in [-0.4, -0.2) is 20.0 Å². The lowest BCUT2D eigenvalue weighted by atomic mass is 9.90. The quantitative estimate of drug-likeness (QED) is 0.558. The SMILES string of the molecule is COc1ccc(-c2cc(F)ccc2OC)cc1C(=O)[C@@H]1CCc2ccccc21. The van der Waals surface area contributed by atoms with Crippen molar-refractivity contribution in [2.75, 3.05) is 14.2 Å². The molecular weight excluding hydrogens is 355 g/mol. The third-order valence-corrected chi connectivity index (χ3v) is 5.39. The van der Waals surface area contributed by atoms with Crippen molar-refractivity contribution in [1.82, 2.24) is 0 Å². The monoisotopic (exact) mass is 376 g/mol. The van der Waals surface area contributed by atoms with Crippen LogP contribution in [0.3, 0.4) is 0 Å². The molecule has 0 N–H and O–H groups in total. The van der Waals surface area contributed by atoms with E-state index in [0.29, 0.717) is 28.2 Å². The van der Waals surface area contributed by atoms with E-state index in [0.717, 1.165) is 18.4 Å². The van der Waals surface area contributed by atoms with E-state index in [4.69, 9.17) is 9.47 Å². The van der Waals surface area contributed by atoms with Gasteiger partial charge in [-0.1, -0.05) is 30.3 Å². The minimum atomic E-state index is -0.357. The smallest absolute Gasteiger partial charge is 0.174 e. The maximum absolute atomic E-state index is 13.8. The number of fused-ring (bicyclic) bond motifs is 1. The van der Waals surface area contributed by atoms with Crippen molar-refractivity contribution in [3.05, 3.63) is 83.2 Å². The van der Waals surface area contributed by atoms with Crippen molar-refractivity contribution in [1.29, 1.82) is 0 Å². The number of methoxy groups -OCH3 is 2. The molecule has 3 aromatic rings. The summed E-state index contributed by atoms with van der Waals surface area (Å²) in [5, 5.41) is 0. The predicted molar refractivity (Wildman–Crippen MR) is 107 cm³/mol. The fourth-order valence-electron chi connectivity index (χ4n) is 3.99. The summed E-state index contributed by atoms with van der Waals surface area (Å²) in [6.07, 6.45) is 1.68. The Bertz CT molecular complexity index is 1040. The van der Waals surface area contributed by atoms with Gasteiger partial charge in [-0.2, -0.15) is 0 Å². The van der Waals surface area contributed by atoms with Crippen LogP contribution in [0.5, 0.6) is 11.5 Å². The molecule has 0 saturated heterocycles. The molecule has 0 aromatic heterocycles. The predicted octanol–water partition coefficient (Wildman–Crippen LogP) is 5.42. The molecule has 0 unspecified atom stereocenters. The molecule has 28 heavy (non-hydrogen) atoms. The van der Waals surface area contributed by atoms with Gasteiger partial charge in [0.05, 0.1) is 19.8 Å². The van der Waals surface area contributed by atoms with Crippen LogP contribution in [0, 0.1) is 5.82 Å². The topological polar surface area (TPSA) is 35.5 Å². The highest BCUT2D eigenvalue weighted by atomic mass is 19.1. The van der Waals surface area contributed by atoms with E-state index >= 15 is 0 Å². The summed E-state index contributed by atoms with van der Waals surface area (Å²) in [7, 11) is 3.10. The average molecular weight is 376 g/mol. The van der Waals surface area contributed by atoms with E-state index in [-0.39, 0.29) is 17.5 Å². The third kappa shape index (κ3) is 3.15. The molecule has 3 aromatic carbocycles. The van der Waals surface area contributed by atoms with Crippen molar-refractivity contribution in [2.45, 2.75) is 18.8 Å². The Morgan fingerprint density at radius 1 is 0.964 bits per heavy atom. The second-order valence-corrected chi connectivity index (χ2v) is 6.91. The fraction of sp³-hybridized carbons (Fsp3) is 0.208. The van der Waals surface area contributed by atoms with Crippen LogP contribution < -0.4 is 9.47 Å². The van der Waals surface area contributed by atoms with Crippen LogP contribution in [0.2, 0.25) is 0 Å². The molecule has 0 bridgehead atoms. The number of Topliss-reactive ketones (excluding diaryl/α,β-unsaturated/α-hetero) is 1. The van der Waals surface area contributed by atoms with Gasteiger partial charge in [0.2, 0.25) is 0 Å². The minimum Gasteiger partial charge on any atom is -0.496 e. The molecule has 3 nitrogen and oxygen atoms in total. The molecule has 1 aliphatic rings. The summed E-state index contributed by atoms with van der Waals surface area (Å²) >= 11 is 0. The first-order valence-corrected chi connectivity index (χ1v) is 9.26. The Morgan fingerprint density at radius 3 is 2.50 bits per heavy atom. The zero-order chi connectivity index (χ0) is 19.7. The normalized spacial score (nSPS) is 15.2. The number of rotatable bonds is 5. The lowest BCUT2D eigenvalue weighted by Crippen LogP contribution is -2.12. The highest BCUT2D eigenvalue weighted by Gasteiger charge is 2.30. The van der Waals surface area contributed by atoms with Crippen molar-refractivity contribution in [3.8, 4) is 22.6 Å². The van der Waals surface area contributed by atoms with E-state index < -0.39 is 0 Å². The van der Waals surface area contributed by atoms with Gasteiger partial charge in [0.25, 0.3) is 0 Å². The second-order valence-electron chi connectivity index (χ2n) is 6.91.